The number of hydrogen-bond acceptors (Lipinski definition) is 5. The Morgan fingerprint density at radius 2 is 2.00 bits per heavy atom. The lowest BCUT2D eigenvalue weighted by molar-refractivity contribution is 0.315. The number of imidazole rings is 2. The van der Waals surface area contributed by atoms with Crippen molar-refractivity contribution in [1.82, 2.24) is 28.9 Å². The summed E-state index contributed by atoms with van der Waals surface area (Å²) in [5.41, 5.74) is 4.15. The molecule has 0 amide bonds. The standard InChI is InChI=1S/C20H23N7/c1-24(2)16-7-9-25(14-16)20-6-5-19-22-12-17(27(19)23-20)11-15-3-4-18-21-8-10-26(18)13-15/h3-6,8,10,12-13,16H,7,9,11,14H2,1-2H3. The molecule has 1 saturated heterocycles. The lowest BCUT2D eigenvalue weighted by atomic mass is 10.2. The van der Waals surface area contributed by atoms with Crippen molar-refractivity contribution in [1.29, 1.82) is 0 Å². The number of nitrogens with zero attached hydrogens (tertiary/aromatic N) is 7. The van der Waals surface area contributed by atoms with Crippen molar-refractivity contribution in [2.24, 2.45) is 0 Å². The maximum atomic E-state index is 4.90. The minimum Gasteiger partial charge on any atom is -0.354 e. The first-order valence-corrected chi connectivity index (χ1v) is 9.34. The van der Waals surface area contributed by atoms with Gasteiger partial charge < -0.3 is 14.2 Å². The summed E-state index contributed by atoms with van der Waals surface area (Å²) in [5, 5.41) is 4.90. The van der Waals surface area contributed by atoms with Crippen LogP contribution in [-0.2, 0) is 6.42 Å². The summed E-state index contributed by atoms with van der Waals surface area (Å²) in [7, 11) is 4.30. The van der Waals surface area contributed by atoms with E-state index in [-0.39, 0.29) is 0 Å². The van der Waals surface area contributed by atoms with Crippen LogP contribution in [0, 0.1) is 0 Å². The summed E-state index contributed by atoms with van der Waals surface area (Å²) < 4.78 is 4.03. The molecule has 27 heavy (non-hydrogen) atoms. The van der Waals surface area contributed by atoms with Crippen LogP contribution in [0.2, 0.25) is 0 Å². The van der Waals surface area contributed by atoms with Crippen molar-refractivity contribution in [3.63, 3.8) is 0 Å². The van der Waals surface area contributed by atoms with Gasteiger partial charge in [0.1, 0.15) is 11.5 Å². The lowest BCUT2D eigenvalue weighted by Gasteiger charge is -2.21. The maximum Gasteiger partial charge on any atom is 0.153 e. The molecule has 7 nitrogen and oxygen atoms in total. The highest BCUT2D eigenvalue weighted by atomic mass is 15.3. The Morgan fingerprint density at radius 3 is 2.85 bits per heavy atom. The van der Waals surface area contributed by atoms with Crippen LogP contribution >= 0.6 is 0 Å². The van der Waals surface area contributed by atoms with Gasteiger partial charge in [0.05, 0.1) is 11.9 Å². The van der Waals surface area contributed by atoms with Crippen LogP contribution in [0.3, 0.4) is 0 Å². The highest BCUT2D eigenvalue weighted by Crippen LogP contribution is 2.21. The molecule has 5 rings (SSSR count). The van der Waals surface area contributed by atoms with Gasteiger partial charge in [0.25, 0.3) is 0 Å². The third-order valence-corrected chi connectivity index (χ3v) is 5.47. The zero-order valence-electron chi connectivity index (χ0n) is 15.7. The van der Waals surface area contributed by atoms with E-state index in [1.165, 1.54) is 12.0 Å². The molecule has 0 N–H and O–H groups in total. The highest BCUT2D eigenvalue weighted by molar-refractivity contribution is 5.48. The van der Waals surface area contributed by atoms with Crippen LogP contribution < -0.4 is 4.90 Å². The SMILES string of the molecule is CN(C)C1CCN(c2ccc3ncc(Cc4ccc5nccn5c4)n3n2)C1. The normalized spacial score (nSPS) is 17.6. The summed E-state index contributed by atoms with van der Waals surface area (Å²) >= 11 is 0. The predicted molar refractivity (Wildman–Crippen MR) is 105 cm³/mol. The quantitative estimate of drug-likeness (QED) is 0.557. The molecule has 0 aromatic carbocycles. The van der Waals surface area contributed by atoms with Gasteiger partial charge in [-0.2, -0.15) is 0 Å². The van der Waals surface area contributed by atoms with Crippen LogP contribution in [0.25, 0.3) is 11.3 Å². The van der Waals surface area contributed by atoms with E-state index >= 15 is 0 Å². The topological polar surface area (TPSA) is 54.0 Å². The van der Waals surface area contributed by atoms with Crippen LogP contribution in [0.5, 0.6) is 0 Å². The molecule has 0 spiro atoms. The van der Waals surface area contributed by atoms with E-state index in [4.69, 9.17) is 5.10 Å². The van der Waals surface area contributed by atoms with E-state index in [9.17, 15) is 0 Å². The van der Waals surface area contributed by atoms with Gasteiger partial charge in [-0.25, -0.2) is 14.5 Å². The van der Waals surface area contributed by atoms with E-state index in [0.29, 0.717) is 6.04 Å². The number of pyridine rings is 1. The zero-order valence-corrected chi connectivity index (χ0v) is 15.7. The number of anilines is 1. The van der Waals surface area contributed by atoms with Crippen molar-refractivity contribution in [3.05, 3.63) is 60.3 Å². The molecular weight excluding hydrogens is 338 g/mol. The fourth-order valence-corrected chi connectivity index (χ4v) is 3.85. The number of hydrogen-bond donors (Lipinski definition) is 0. The van der Waals surface area contributed by atoms with Crippen LogP contribution in [0.15, 0.2) is 49.1 Å². The monoisotopic (exact) mass is 361 g/mol. The highest BCUT2D eigenvalue weighted by Gasteiger charge is 2.25. The molecular formula is C20H23N7. The fourth-order valence-electron chi connectivity index (χ4n) is 3.85. The molecule has 0 bridgehead atoms. The molecule has 0 saturated carbocycles. The minimum absolute atomic E-state index is 0.590. The Hall–Kier alpha value is -2.93. The summed E-state index contributed by atoms with van der Waals surface area (Å²) in [5.74, 6) is 1.02. The van der Waals surface area contributed by atoms with Crippen molar-refractivity contribution in [3.8, 4) is 0 Å². The molecule has 5 heterocycles. The molecule has 0 radical (unpaired) electrons. The van der Waals surface area contributed by atoms with Crippen molar-refractivity contribution < 1.29 is 0 Å². The largest absolute Gasteiger partial charge is 0.354 e. The van der Waals surface area contributed by atoms with E-state index < -0.39 is 0 Å². The first-order valence-electron chi connectivity index (χ1n) is 9.34. The van der Waals surface area contributed by atoms with Crippen molar-refractivity contribution >= 4 is 17.1 Å². The van der Waals surface area contributed by atoms with E-state index in [1.807, 2.05) is 33.6 Å². The number of likely N-dealkylation sites (N-methyl/N-ethyl adjacent to an activating group) is 1. The number of rotatable bonds is 4. The molecule has 4 aromatic heterocycles. The zero-order chi connectivity index (χ0) is 18.4. The summed E-state index contributed by atoms with van der Waals surface area (Å²) in [6, 6.07) is 8.90. The molecule has 1 aliphatic rings. The van der Waals surface area contributed by atoms with Gasteiger partial charge in [0.2, 0.25) is 0 Å². The van der Waals surface area contributed by atoms with Crippen LogP contribution in [-0.4, -0.2) is 62.1 Å². The first kappa shape index (κ1) is 16.3. The first-order chi connectivity index (χ1) is 13.2. The van der Waals surface area contributed by atoms with Crippen LogP contribution in [0.4, 0.5) is 5.82 Å². The maximum absolute atomic E-state index is 4.90. The third kappa shape index (κ3) is 2.94. The third-order valence-electron chi connectivity index (χ3n) is 5.47. The summed E-state index contributed by atoms with van der Waals surface area (Å²) in [6.07, 6.45) is 9.79. The van der Waals surface area contributed by atoms with Crippen molar-refractivity contribution in [2.45, 2.75) is 18.9 Å². The van der Waals surface area contributed by atoms with Crippen molar-refractivity contribution in [2.75, 3.05) is 32.1 Å². The minimum atomic E-state index is 0.590. The lowest BCUT2D eigenvalue weighted by Crippen LogP contribution is -2.31. The second-order valence-corrected chi connectivity index (χ2v) is 7.47. The second-order valence-electron chi connectivity index (χ2n) is 7.47. The van der Waals surface area contributed by atoms with Gasteiger partial charge >= 0.3 is 0 Å². The smallest absolute Gasteiger partial charge is 0.153 e. The molecule has 138 valence electrons. The Balaban J connectivity index is 1.44. The molecule has 1 fully saturated rings. The summed E-state index contributed by atoms with van der Waals surface area (Å²) in [4.78, 5) is 13.5. The van der Waals surface area contributed by atoms with Gasteiger partial charge in [-0.15, -0.1) is 5.10 Å². The van der Waals surface area contributed by atoms with E-state index in [2.05, 4.69) is 58.3 Å². The van der Waals surface area contributed by atoms with Gasteiger partial charge in [0, 0.05) is 44.1 Å². The number of fused-ring (bicyclic) bond motifs is 2. The molecule has 7 heteroatoms. The summed E-state index contributed by atoms with van der Waals surface area (Å²) in [6.45, 7) is 2.06. The van der Waals surface area contributed by atoms with Gasteiger partial charge in [0.15, 0.2) is 5.65 Å². The average molecular weight is 361 g/mol. The van der Waals surface area contributed by atoms with Gasteiger partial charge in [-0.3, -0.25) is 0 Å². The van der Waals surface area contributed by atoms with Crippen LogP contribution in [0.1, 0.15) is 17.7 Å². The average Bonchev–Trinajstić information content (AvgIpc) is 3.41. The molecule has 1 unspecified atom stereocenters. The van der Waals surface area contributed by atoms with Gasteiger partial charge in [-0.05, 0) is 44.3 Å². The molecule has 4 aromatic rings. The molecule has 0 aliphatic carbocycles. The van der Waals surface area contributed by atoms with E-state index in [1.54, 1.807) is 0 Å². The molecule has 1 aliphatic heterocycles. The Morgan fingerprint density at radius 1 is 1.11 bits per heavy atom. The van der Waals surface area contributed by atoms with Gasteiger partial charge in [-0.1, -0.05) is 6.07 Å². The van der Waals surface area contributed by atoms with E-state index in [0.717, 1.165) is 42.3 Å². The Labute approximate surface area is 157 Å². The fraction of sp³-hybridized carbons (Fsp3) is 0.350. The second kappa shape index (κ2) is 6.35. The Kier molecular flexibility index (Phi) is 3.82. The Bertz CT molecular complexity index is 1090. The molecule has 1 atom stereocenters. The predicted octanol–water partition coefficient (Wildman–Crippen LogP) is 2.11. The number of aromatic nitrogens is 5.